The summed E-state index contributed by atoms with van der Waals surface area (Å²) in [7, 11) is 0. The van der Waals surface area contributed by atoms with E-state index in [0.717, 1.165) is 0 Å². The summed E-state index contributed by atoms with van der Waals surface area (Å²) in [4.78, 5) is 21.9. The summed E-state index contributed by atoms with van der Waals surface area (Å²) in [6.45, 7) is 5.44. The fourth-order valence-corrected chi connectivity index (χ4v) is 0.854. The Balaban J connectivity index is 2.46. The molecule has 0 spiro atoms. The number of hydrogen-bond donors (Lipinski definition) is 0. The van der Waals surface area contributed by atoms with Crippen LogP contribution in [-0.4, -0.2) is 30.4 Å². The molecule has 1 aliphatic heterocycles. The number of carbonyl (C=O) groups excluding carboxylic acids is 2. The van der Waals surface area contributed by atoms with Gasteiger partial charge in [0.25, 0.3) is 0 Å². The van der Waals surface area contributed by atoms with Crippen molar-refractivity contribution in [3.05, 3.63) is 0 Å². The van der Waals surface area contributed by atoms with Gasteiger partial charge in [0.1, 0.15) is 12.2 Å². The van der Waals surface area contributed by atoms with Crippen molar-refractivity contribution in [2.45, 2.75) is 38.9 Å². The van der Waals surface area contributed by atoms with Crippen LogP contribution in [0.15, 0.2) is 0 Å². The molecule has 0 N–H and O–H groups in total. The maximum Gasteiger partial charge on any atom is 0.509 e. The average molecular weight is 202 g/mol. The summed E-state index contributed by atoms with van der Waals surface area (Å²) in [5.74, 6) is -0.553. The Kier molecular flexibility index (Phi) is 2.98. The normalized spacial score (nSPS) is 21.4. The van der Waals surface area contributed by atoms with Crippen molar-refractivity contribution >= 4 is 12.1 Å². The molecule has 14 heavy (non-hydrogen) atoms. The van der Waals surface area contributed by atoms with Gasteiger partial charge in [0.15, 0.2) is 0 Å². The first-order valence-corrected chi connectivity index (χ1v) is 4.51. The van der Waals surface area contributed by atoms with Crippen molar-refractivity contribution in [1.82, 2.24) is 0 Å². The lowest BCUT2D eigenvalue weighted by molar-refractivity contribution is -0.165. The van der Waals surface area contributed by atoms with E-state index in [1.54, 1.807) is 13.8 Å². The minimum Gasteiger partial charge on any atom is -0.457 e. The Hall–Kier alpha value is -1.26. The molecule has 0 aliphatic carbocycles. The molecule has 80 valence electrons. The number of rotatable bonds is 3. The maximum absolute atomic E-state index is 11.4. The summed E-state index contributed by atoms with van der Waals surface area (Å²) >= 11 is 0. The molecule has 1 aliphatic rings. The molecule has 1 fully saturated rings. The standard InChI is InChI=1S/C9H14O5/c1-4-9(2,3)14-7(10)6-5-12-8(11)13-6/h6H,4-5H2,1-3H3. The van der Waals surface area contributed by atoms with Gasteiger partial charge in [-0.05, 0) is 20.3 Å². The Morgan fingerprint density at radius 2 is 2.29 bits per heavy atom. The number of carbonyl (C=O) groups is 2. The van der Waals surface area contributed by atoms with E-state index >= 15 is 0 Å². The molecule has 0 bridgehead atoms. The SMILES string of the molecule is CCC(C)(C)OC(=O)C1COC(=O)O1. The number of esters is 1. The molecule has 0 aromatic heterocycles. The van der Waals surface area contributed by atoms with Crippen LogP contribution >= 0.6 is 0 Å². The summed E-state index contributed by atoms with van der Waals surface area (Å²) < 4.78 is 14.2. The van der Waals surface area contributed by atoms with Crippen molar-refractivity contribution in [2.75, 3.05) is 6.61 Å². The Morgan fingerprint density at radius 3 is 2.71 bits per heavy atom. The summed E-state index contributed by atoms with van der Waals surface area (Å²) in [6.07, 6.45) is -1.03. The lowest BCUT2D eigenvalue weighted by atomic mass is 10.1. The van der Waals surface area contributed by atoms with Crippen molar-refractivity contribution in [3.63, 3.8) is 0 Å². The molecule has 5 heteroatoms. The molecule has 0 amide bonds. The van der Waals surface area contributed by atoms with Gasteiger partial charge in [-0.2, -0.15) is 0 Å². The van der Waals surface area contributed by atoms with Crippen LogP contribution in [0.5, 0.6) is 0 Å². The first-order chi connectivity index (χ1) is 6.44. The van der Waals surface area contributed by atoms with Crippen LogP contribution in [0.1, 0.15) is 27.2 Å². The lowest BCUT2D eigenvalue weighted by Gasteiger charge is -2.24. The van der Waals surface area contributed by atoms with Gasteiger partial charge in [-0.1, -0.05) is 6.92 Å². The molecule has 0 aromatic carbocycles. The van der Waals surface area contributed by atoms with Gasteiger partial charge in [-0.3, -0.25) is 0 Å². The highest BCUT2D eigenvalue weighted by molar-refractivity contribution is 5.80. The van der Waals surface area contributed by atoms with Crippen LogP contribution in [0.3, 0.4) is 0 Å². The van der Waals surface area contributed by atoms with E-state index < -0.39 is 23.8 Å². The first-order valence-electron chi connectivity index (χ1n) is 4.51. The van der Waals surface area contributed by atoms with Gasteiger partial charge in [0.05, 0.1) is 0 Å². The van der Waals surface area contributed by atoms with E-state index in [4.69, 9.17) is 4.74 Å². The van der Waals surface area contributed by atoms with Gasteiger partial charge < -0.3 is 14.2 Å². The van der Waals surface area contributed by atoms with Crippen LogP contribution in [0.25, 0.3) is 0 Å². The van der Waals surface area contributed by atoms with E-state index in [2.05, 4.69) is 9.47 Å². The molecule has 1 unspecified atom stereocenters. The first kappa shape index (κ1) is 10.8. The fourth-order valence-electron chi connectivity index (χ4n) is 0.854. The number of hydrogen-bond acceptors (Lipinski definition) is 5. The molecule has 5 nitrogen and oxygen atoms in total. The molecule has 1 atom stereocenters. The Morgan fingerprint density at radius 1 is 1.64 bits per heavy atom. The largest absolute Gasteiger partial charge is 0.509 e. The third-order valence-corrected chi connectivity index (χ3v) is 2.08. The molecule has 0 radical (unpaired) electrons. The third-order valence-electron chi connectivity index (χ3n) is 2.08. The van der Waals surface area contributed by atoms with Crippen molar-refractivity contribution in [2.24, 2.45) is 0 Å². The third kappa shape index (κ3) is 2.61. The molecule has 0 saturated carbocycles. The summed E-state index contributed by atoms with van der Waals surface area (Å²) in [5, 5.41) is 0. The van der Waals surface area contributed by atoms with Gasteiger partial charge in [0, 0.05) is 0 Å². The molecule has 0 aromatic rings. The van der Waals surface area contributed by atoms with Gasteiger partial charge >= 0.3 is 12.1 Å². The highest BCUT2D eigenvalue weighted by Crippen LogP contribution is 2.17. The second-order valence-electron chi connectivity index (χ2n) is 3.70. The zero-order valence-corrected chi connectivity index (χ0v) is 8.53. The van der Waals surface area contributed by atoms with Gasteiger partial charge in [-0.25, -0.2) is 9.59 Å². The highest BCUT2D eigenvalue weighted by Gasteiger charge is 2.35. The second kappa shape index (κ2) is 3.86. The van der Waals surface area contributed by atoms with Crippen LogP contribution in [0.2, 0.25) is 0 Å². The molecular formula is C9H14O5. The highest BCUT2D eigenvalue weighted by atomic mass is 16.8. The lowest BCUT2D eigenvalue weighted by Crippen LogP contribution is -2.34. The van der Waals surface area contributed by atoms with Crippen LogP contribution < -0.4 is 0 Å². The molecule has 1 rings (SSSR count). The zero-order chi connectivity index (χ0) is 10.8. The number of ether oxygens (including phenoxy) is 3. The second-order valence-corrected chi connectivity index (χ2v) is 3.70. The Labute approximate surface area is 82.3 Å². The topological polar surface area (TPSA) is 61.8 Å². The van der Waals surface area contributed by atoms with E-state index in [1.807, 2.05) is 6.92 Å². The van der Waals surface area contributed by atoms with Crippen LogP contribution in [0, 0.1) is 0 Å². The molecule has 1 saturated heterocycles. The summed E-state index contributed by atoms with van der Waals surface area (Å²) in [5.41, 5.74) is -0.536. The minimum atomic E-state index is -0.909. The fraction of sp³-hybridized carbons (Fsp3) is 0.778. The van der Waals surface area contributed by atoms with Crippen molar-refractivity contribution in [3.8, 4) is 0 Å². The average Bonchev–Trinajstić information content (AvgIpc) is 2.51. The predicted molar refractivity (Wildman–Crippen MR) is 46.7 cm³/mol. The zero-order valence-electron chi connectivity index (χ0n) is 8.53. The van der Waals surface area contributed by atoms with Crippen LogP contribution in [0.4, 0.5) is 4.79 Å². The van der Waals surface area contributed by atoms with E-state index in [1.165, 1.54) is 0 Å². The predicted octanol–water partition coefficient (Wildman–Crippen LogP) is 1.25. The molecular weight excluding hydrogens is 188 g/mol. The van der Waals surface area contributed by atoms with E-state index in [-0.39, 0.29) is 6.61 Å². The van der Waals surface area contributed by atoms with Gasteiger partial charge in [-0.15, -0.1) is 0 Å². The number of cyclic esters (lactones) is 2. The van der Waals surface area contributed by atoms with E-state index in [9.17, 15) is 9.59 Å². The Bertz CT molecular complexity index is 246. The van der Waals surface area contributed by atoms with E-state index in [0.29, 0.717) is 6.42 Å². The van der Waals surface area contributed by atoms with Crippen LogP contribution in [-0.2, 0) is 19.0 Å². The van der Waals surface area contributed by atoms with Crippen molar-refractivity contribution in [1.29, 1.82) is 0 Å². The monoisotopic (exact) mass is 202 g/mol. The quantitative estimate of drug-likeness (QED) is 0.644. The smallest absolute Gasteiger partial charge is 0.457 e. The molecule has 1 heterocycles. The van der Waals surface area contributed by atoms with Crippen molar-refractivity contribution < 1.29 is 23.8 Å². The maximum atomic E-state index is 11.4. The minimum absolute atomic E-state index is 0.0581. The van der Waals surface area contributed by atoms with Gasteiger partial charge in [0.2, 0.25) is 6.10 Å². The summed E-state index contributed by atoms with van der Waals surface area (Å²) in [6, 6.07) is 0.